The number of benzene rings is 2. The number of anilines is 2. The first-order valence-electron chi connectivity index (χ1n) is 5.02. The number of rotatable bonds is 2. The van der Waals surface area contributed by atoms with Crippen molar-refractivity contribution in [2.24, 2.45) is 0 Å². The summed E-state index contributed by atoms with van der Waals surface area (Å²) in [5.41, 5.74) is 2.15. The third kappa shape index (κ3) is 2.89. The lowest BCUT2D eigenvalue weighted by Crippen LogP contribution is -1.92. The van der Waals surface area contributed by atoms with Crippen LogP contribution in [0.5, 0.6) is 0 Å². The third-order valence-corrected chi connectivity index (χ3v) is 3.56. The molecule has 2 aromatic rings. The standard InChI is InChI=1S/C13H7Br2FN2/c14-10-6-9(2-3-12(10)16)18-13-4-1-8(7-17)5-11(13)15/h1-6,18H. The number of nitriles is 1. The van der Waals surface area contributed by atoms with Gasteiger partial charge in [0.25, 0.3) is 0 Å². The predicted molar refractivity (Wildman–Crippen MR) is 76.2 cm³/mol. The van der Waals surface area contributed by atoms with Crippen LogP contribution < -0.4 is 5.32 Å². The molecule has 0 aromatic heterocycles. The first-order chi connectivity index (χ1) is 8.60. The normalized spacial score (nSPS) is 9.89. The molecule has 0 aliphatic heterocycles. The molecular weight excluding hydrogens is 363 g/mol. The molecule has 90 valence electrons. The minimum atomic E-state index is -0.306. The first kappa shape index (κ1) is 13.1. The molecule has 0 heterocycles. The van der Waals surface area contributed by atoms with Crippen LogP contribution in [0.25, 0.3) is 0 Å². The van der Waals surface area contributed by atoms with Crippen molar-refractivity contribution in [2.45, 2.75) is 0 Å². The van der Waals surface area contributed by atoms with E-state index in [1.54, 1.807) is 30.3 Å². The van der Waals surface area contributed by atoms with E-state index < -0.39 is 0 Å². The van der Waals surface area contributed by atoms with Crippen molar-refractivity contribution in [3.8, 4) is 6.07 Å². The van der Waals surface area contributed by atoms with Crippen molar-refractivity contribution in [1.29, 1.82) is 5.26 Å². The molecular formula is C13H7Br2FN2. The first-order valence-corrected chi connectivity index (χ1v) is 6.60. The van der Waals surface area contributed by atoms with Gasteiger partial charge in [-0.05, 0) is 68.3 Å². The van der Waals surface area contributed by atoms with E-state index in [-0.39, 0.29) is 5.82 Å². The van der Waals surface area contributed by atoms with Crippen LogP contribution in [-0.2, 0) is 0 Å². The predicted octanol–water partition coefficient (Wildman–Crippen LogP) is 4.97. The van der Waals surface area contributed by atoms with Crippen LogP contribution in [0.3, 0.4) is 0 Å². The van der Waals surface area contributed by atoms with Gasteiger partial charge in [-0.15, -0.1) is 0 Å². The van der Waals surface area contributed by atoms with E-state index in [1.165, 1.54) is 6.07 Å². The molecule has 0 aliphatic rings. The molecule has 0 spiro atoms. The molecule has 0 atom stereocenters. The SMILES string of the molecule is N#Cc1ccc(Nc2ccc(F)c(Br)c2)c(Br)c1. The van der Waals surface area contributed by atoms with Crippen LogP contribution in [0.15, 0.2) is 45.3 Å². The molecule has 0 saturated carbocycles. The van der Waals surface area contributed by atoms with Crippen LogP contribution in [-0.4, -0.2) is 0 Å². The molecule has 0 radical (unpaired) electrons. The molecule has 2 rings (SSSR count). The number of halogens is 3. The zero-order chi connectivity index (χ0) is 13.1. The van der Waals surface area contributed by atoms with Gasteiger partial charge in [0.2, 0.25) is 0 Å². The minimum absolute atomic E-state index is 0.306. The molecule has 5 heteroatoms. The summed E-state index contributed by atoms with van der Waals surface area (Å²) in [7, 11) is 0. The van der Waals surface area contributed by atoms with Crippen molar-refractivity contribution in [2.75, 3.05) is 5.32 Å². The second-order valence-corrected chi connectivity index (χ2v) is 5.27. The molecule has 18 heavy (non-hydrogen) atoms. The van der Waals surface area contributed by atoms with Gasteiger partial charge in [0.05, 0.1) is 21.8 Å². The summed E-state index contributed by atoms with van der Waals surface area (Å²) in [4.78, 5) is 0. The summed E-state index contributed by atoms with van der Waals surface area (Å²) in [5.74, 6) is -0.306. The number of hydrogen-bond donors (Lipinski definition) is 1. The minimum Gasteiger partial charge on any atom is -0.355 e. The molecule has 1 N–H and O–H groups in total. The summed E-state index contributed by atoms with van der Waals surface area (Å²) in [6.07, 6.45) is 0. The molecule has 0 saturated heterocycles. The highest BCUT2D eigenvalue weighted by Gasteiger charge is 2.04. The van der Waals surface area contributed by atoms with E-state index >= 15 is 0 Å². The van der Waals surface area contributed by atoms with Crippen LogP contribution in [0.4, 0.5) is 15.8 Å². The van der Waals surface area contributed by atoms with Gasteiger partial charge < -0.3 is 5.32 Å². The second kappa shape index (κ2) is 5.51. The van der Waals surface area contributed by atoms with E-state index in [9.17, 15) is 4.39 Å². The van der Waals surface area contributed by atoms with Crippen molar-refractivity contribution >= 4 is 43.2 Å². The lowest BCUT2D eigenvalue weighted by atomic mass is 10.2. The smallest absolute Gasteiger partial charge is 0.137 e. The largest absolute Gasteiger partial charge is 0.355 e. The summed E-state index contributed by atoms with van der Waals surface area (Å²) < 4.78 is 14.3. The van der Waals surface area contributed by atoms with Gasteiger partial charge in [0.15, 0.2) is 0 Å². The molecule has 2 nitrogen and oxygen atoms in total. The van der Waals surface area contributed by atoms with E-state index in [4.69, 9.17) is 5.26 Å². The van der Waals surface area contributed by atoms with Crippen molar-refractivity contribution in [1.82, 2.24) is 0 Å². The van der Waals surface area contributed by atoms with Crippen molar-refractivity contribution in [3.63, 3.8) is 0 Å². The van der Waals surface area contributed by atoms with Gasteiger partial charge in [0, 0.05) is 10.2 Å². The Kier molecular flexibility index (Phi) is 4.00. The van der Waals surface area contributed by atoms with E-state index in [1.807, 2.05) is 0 Å². The molecule has 0 aliphatic carbocycles. The number of hydrogen-bond acceptors (Lipinski definition) is 2. The second-order valence-electron chi connectivity index (χ2n) is 3.56. The van der Waals surface area contributed by atoms with E-state index in [2.05, 4.69) is 43.2 Å². The van der Waals surface area contributed by atoms with Crippen molar-refractivity contribution in [3.05, 3.63) is 56.7 Å². The Labute approximate surface area is 121 Å². The molecule has 2 aromatic carbocycles. The Hall–Kier alpha value is -1.38. The highest BCUT2D eigenvalue weighted by atomic mass is 79.9. The zero-order valence-corrected chi connectivity index (χ0v) is 12.2. The van der Waals surface area contributed by atoms with E-state index in [0.717, 1.165) is 15.8 Å². The van der Waals surface area contributed by atoms with Crippen LogP contribution in [0.1, 0.15) is 5.56 Å². The summed E-state index contributed by atoms with van der Waals surface area (Å²) in [6, 6.07) is 12.0. The van der Waals surface area contributed by atoms with Gasteiger partial charge in [-0.2, -0.15) is 5.26 Å². The highest BCUT2D eigenvalue weighted by molar-refractivity contribution is 9.10. The van der Waals surface area contributed by atoms with Gasteiger partial charge in [-0.3, -0.25) is 0 Å². The van der Waals surface area contributed by atoms with Crippen LogP contribution in [0.2, 0.25) is 0 Å². The lowest BCUT2D eigenvalue weighted by Gasteiger charge is -2.09. The monoisotopic (exact) mass is 368 g/mol. The fourth-order valence-electron chi connectivity index (χ4n) is 1.42. The average Bonchev–Trinajstić information content (AvgIpc) is 2.36. The number of nitrogens with zero attached hydrogens (tertiary/aromatic N) is 1. The number of nitrogens with one attached hydrogen (secondary N) is 1. The highest BCUT2D eigenvalue weighted by Crippen LogP contribution is 2.28. The molecule has 0 fully saturated rings. The van der Waals surface area contributed by atoms with E-state index in [0.29, 0.717) is 10.0 Å². The Morgan fingerprint density at radius 2 is 1.83 bits per heavy atom. The molecule has 0 bridgehead atoms. The quantitative estimate of drug-likeness (QED) is 0.811. The summed E-state index contributed by atoms with van der Waals surface area (Å²) >= 11 is 6.51. The molecule has 0 unspecified atom stereocenters. The fraction of sp³-hybridized carbons (Fsp3) is 0. The maximum Gasteiger partial charge on any atom is 0.137 e. The Morgan fingerprint density at radius 3 is 2.44 bits per heavy atom. The Morgan fingerprint density at radius 1 is 1.06 bits per heavy atom. The maximum atomic E-state index is 13.1. The van der Waals surface area contributed by atoms with Crippen molar-refractivity contribution < 1.29 is 4.39 Å². The Balaban J connectivity index is 2.29. The fourth-order valence-corrected chi connectivity index (χ4v) is 2.27. The van der Waals surface area contributed by atoms with Gasteiger partial charge in [-0.1, -0.05) is 0 Å². The zero-order valence-electron chi connectivity index (χ0n) is 9.05. The summed E-state index contributed by atoms with van der Waals surface area (Å²) in [6.45, 7) is 0. The van der Waals surface area contributed by atoms with Crippen LogP contribution >= 0.6 is 31.9 Å². The maximum absolute atomic E-state index is 13.1. The third-order valence-electron chi connectivity index (χ3n) is 2.30. The topological polar surface area (TPSA) is 35.8 Å². The lowest BCUT2D eigenvalue weighted by molar-refractivity contribution is 0.621. The van der Waals surface area contributed by atoms with Gasteiger partial charge in [0.1, 0.15) is 5.82 Å². The molecule has 0 amide bonds. The average molecular weight is 370 g/mol. The Bertz CT molecular complexity index is 635. The summed E-state index contributed by atoms with van der Waals surface area (Å²) in [5, 5.41) is 11.9. The van der Waals surface area contributed by atoms with Gasteiger partial charge in [-0.25, -0.2) is 4.39 Å². The van der Waals surface area contributed by atoms with Gasteiger partial charge >= 0.3 is 0 Å². The van der Waals surface area contributed by atoms with Crippen LogP contribution in [0, 0.1) is 17.1 Å².